The number of carbonyl (C=O) groups is 1. The molecule has 13 heteroatoms. The number of nitrogens with one attached hydrogen (secondary N) is 2. The SMILES string of the molecule is CCO.C[C@]12C=CC(O)=[NH+][C@@H]1CC[C@@H]1[C@@H]2CC[C@]2(C)[C@@H](C(=O)Nc3cc(C(F)(F)F)ccc3C(F)(F)F)CC[C@@H]12.O.[Cl-]. The standard InChI is InChI=1S/C27H30F6N2O2.C2H6O.ClH.H2O/c1-24-11-9-17-15(4-8-21-25(17,2)12-10-22(36)35-21)16(24)6-7-19(24)23(37)34-20-13-14(26(28,29)30)3-5-18(20)27(31,32)33;1-2-3;;/h3,5,10,12-13,15-17,19,21H,4,6-9,11H2,1-2H3,(H,34,37)(H,35,36);3H,2H2,1H3;1H;1H2/t15-,16-,17-,19+,21+,24-,25+;;;/m0.../s1. The van der Waals surface area contributed by atoms with Crippen LogP contribution in [0.25, 0.3) is 0 Å². The quantitative estimate of drug-likeness (QED) is 0.374. The van der Waals surface area contributed by atoms with Gasteiger partial charge >= 0.3 is 18.3 Å². The second kappa shape index (κ2) is 12.7. The number of hydrogen-bond donors (Lipinski definition) is 4. The normalized spacial score (nSPS) is 33.3. The lowest BCUT2D eigenvalue weighted by Crippen LogP contribution is -3.00. The van der Waals surface area contributed by atoms with Crippen LogP contribution in [0.3, 0.4) is 0 Å². The van der Waals surface area contributed by atoms with E-state index in [4.69, 9.17) is 5.11 Å². The second-order valence-electron chi connectivity index (χ2n) is 12.0. The van der Waals surface area contributed by atoms with Crippen LogP contribution in [-0.4, -0.2) is 40.1 Å². The van der Waals surface area contributed by atoms with Crippen LogP contribution >= 0.6 is 0 Å². The number of anilines is 1. The van der Waals surface area contributed by atoms with Crippen molar-refractivity contribution in [1.82, 2.24) is 0 Å². The molecule has 0 unspecified atom stereocenters. The Morgan fingerprint density at radius 3 is 2.26 bits per heavy atom. The van der Waals surface area contributed by atoms with Gasteiger partial charge in [0.05, 0.1) is 22.2 Å². The van der Waals surface area contributed by atoms with E-state index in [1.54, 1.807) is 13.0 Å². The minimum atomic E-state index is -4.91. The van der Waals surface area contributed by atoms with E-state index >= 15 is 0 Å². The molecule has 3 fully saturated rings. The summed E-state index contributed by atoms with van der Waals surface area (Å²) in [7, 11) is 0. The molecule has 0 saturated heterocycles. The molecule has 0 aromatic heterocycles. The number of hydrogen-bond acceptors (Lipinski definition) is 2. The van der Waals surface area contributed by atoms with E-state index in [0.29, 0.717) is 42.9 Å². The van der Waals surface area contributed by atoms with Gasteiger partial charge < -0.3 is 33.4 Å². The van der Waals surface area contributed by atoms with Crippen LogP contribution in [0.15, 0.2) is 30.4 Å². The van der Waals surface area contributed by atoms with Crippen molar-refractivity contribution in [2.45, 2.75) is 77.7 Å². The van der Waals surface area contributed by atoms with E-state index in [9.17, 15) is 36.2 Å². The fourth-order valence-electron chi connectivity index (χ4n) is 8.07. The number of aliphatic hydroxyl groups excluding tert-OH is 2. The maximum Gasteiger partial charge on any atom is 0.418 e. The molecule has 6 nitrogen and oxygen atoms in total. The topological polar surface area (TPSA) is 115 Å². The highest BCUT2D eigenvalue weighted by Gasteiger charge is 2.62. The third kappa shape index (κ3) is 6.45. The van der Waals surface area contributed by atoms with Gasteiger partial charge in [0.25, 0.3) is 0 Å². The minimum Gasteiger partial charge on any atom is -1.00 e. The van der Waals surface area contributed by atoms with Gasteiger partial charge in [-0.2, -0.15) is 26.3 Å². The Bertz CT molecular complexity index is 1190. The lowest BCUT2D eigenvalue weighted by Gasteiger charge is -2.56. The molecule has 1 aromatic carbocycles. The Balaban J connectivity index is 0.00000118. The molecular formula is C29H39ClF6N2O4. The predicted molar refractivity (Wildman–Crippen MR) is 141 cm³/mol. The fraction of sp³-hybridized carbons (Fsp3) is 0.655. The first-order valence-electron chi connectivity index (χ1n) is 13.8. The third-order valence-electron chi connectivity index (χ3n) is 9.92. The molecule has 0 bridgehead atoms. The molecule has 3 saturated carbocycles. The Labute approximate surface area is 247 Å². The lowest BCUT2D eigenvalue weighted by molar-refractivity contribution is -0.539. The highest BCUT2D eigenvalue weighted by atomic mass is 35.5. The Morgan fingerprint density at radius 1 is 1.02 bits per heavy atom. The highest BCUT2D eigenvalue weighted by molar-refractivity contribution is 5.94. The molecule has 7 atom stereocenters. The summed E-state index contributed by atoms with van der Waals surface area (Å²) in [5.74, 6) is -0.223. The number of aliphatic hydroxyl groups is 2. The first-order chi connectivity index (χ1) is 18.6. The molecule has 0 spiro atoms. The number of amides is 1. The molecule has 1 amide bonds. The second-order valence-corrected chi connectivity index (χ2v) is 12.0. The van der Waals surface area contributed by atoms with E-state index < -0.39 is 46.4 Å². The fourth-order valence-corrected chi connectivity index (χ4v) is 8.07. The van der Waals surface area contributed by atoms with Crippen LogP contribution in [0.4, 0.5) is 32.0 Å². The maximum atomic E-state index is 13.6. The predicted octanol–water partition coefficient (Wildman–Crippen LogP) is 1.67. The molecular weight excluding hydrogens is 590 g/mol. The van der Waals surface area contributed by atoms with Crippen LogP contribution in [0, 0.1) is 34.5 Å². The number of carbonyl (C=O) groups excluding carboxylic acids is 1. The Hall–Kier alpha value is -2.31. The van der Waals surface area contributed by atoms with Gasteiger partial charge in [0, 0.05) is 25.0 Å². The van der Waals surface area contributed by atoms with Crippen LogP contribution in [-0.2, 0) is 17.1 Å². The van der Waals surface area contributed by atoms with E-state index in [0.717, 1.165) is 25.7 Å². The zero-order chi connectivity index (χ0) is 29.7. The molecule has 5 rings (SSSR count). The van der Waals surface area contributed by atoms with E-state index in [1.165, 1.54) is 0 Å². The van der Waals surface area contributed by atoms with Crippen LogP contribution in [0.5, 0.6) is 0 Å². The maximum absolute atomic E-state index is 13.6. The van der Waals surface area contributed by atoms with Crippen molar-refractivity contribution in [2.75, 3.05) is 11.9 Å². The number of rotatable bonds is 2. The molecule has 42 heavy (non-hydrogen) atoms. The largest absolute Gasteiger partial charge is 1.00 e. The molecule has 1 heterocycles. The Kier molecular flexibility index (Phi) is 10.9. The van der Waals surface area contributed by atoms with Gasteiger partial charge in [0.1, 0.15) is 0 Å². The van der Waals surface area contributed by atoms with Crippen LogP contribution in [0.1, 0.15) is 70.4 Å². The van der Waals surface area contributed by atoms with Gasteiger partial charge in [0.2, 0.25) is 5.91 Å². The van der Waals surface area contributed by atoms with Gasteiger partial charge in [-0.05, 0) is 87.3 Å². The van der Waals surface area contributed by atoms with Gasteiger partial charge in [-0.25, -0.2) is 4.99 Å². The smallest absolute Gasteiger partial charge is 0.418 e. The number of fused-ring (bicyclic) bond motifs is 5. The monoisotopic (exact) mass is 628 g/mol. The number of halogens is 7. The lowest BCUT2D eigenvalue weighted by atomic mass is 9.48. The molecule has 238 valence electrons. The molecule has 4 aliphatic rings. The molecule has 1 aromatic rings. The van der Waals surface area contributed by atoms with Gasteiger partial charge in [-0.3, -0.25) is 4.79 Å². The summed E-state index contributed by atoms with van der Waals surface area (Å²) in [6, 6.07) is 1.26. The number of alkyl halides is 6. The average molecular weight is 629 g/mol. The van der Waals surface area contributed by atoms with Crippen molar-refractivity contribution in [1.29, 1.82) is 0 Å². The van der Waals surface area contributed by atoms with Gasteiger partial charge in [-0.1, -0.05) is 13.0 Å². The first kappa shape index (κ1) is 35.9. The van der Waals surface area contributed by atoms with Crippen molar-refractivity contribution >= 4 is 17.5 Å². The van der Waals surface area contributed by atoms with Crippen molar-refractivity contribution in [2.24, 2.45) is 34.5 Å². The zero-order valence-corrected chi connectivity index (χ0v) is 24.4. The molecule has 1 aliphatic heterocycles. The third-order valence-corrected chi connectivity index (χ3v) is 9.92. The summed E-state index contributed by atoms with van der Waals surface area (Å²) in [6.07, 6.45) is -1.42. The van der Waals surface area contributed by atoms with Crippen LogP contribution < -0.4 is 22.7 Å². The summed E-state index contributed by atoms with van der Waals surface area (Å²) in [4.78, 5) is 16.6. The van der Waals surface area contributed by atoms with Crippen molar-refractivity contribution < 1.29 is 64.2 Å². The number of benzene rings is 1. The van der Waals surface area contributed by atoms with E-state index in [2.05, 4.69) is 23.3 Å². The van der Waals surface area contributed by atoms with E-state index in [-0.39, 0.29) is 47.8 Å². The van der Waals surface area contributed by atoms with Gasteiger partial charge in [0.15, 0.2) is 6.04 Å². The van der Waals surface area contributed by atoms with Crippen molar-refractivity contribution in [3.05, 3.63) is 41.5 Å². The van der Waals surface area contributed by atoms with Gasteiger partial charge in [-0.15, -0.1) is 0 Å². The first-order valence-corrected chi connectivity index (χ1v) is 13.8. The zero-order valence-electron chi connectivity index (χ0n) is 23.7. The van der Waals surface area contributed by atoms with E-state index in [1.807, 2.05) is 6.92 Å². The molecule has 6 N–H and O–H groups in total. The molecule has 3 aliphatic carbocycles. The summed E-state index contributed by atoms with van der Waals surface area (Å²) in [5.41, 5.74) is -3.99. The summed E-state index contributed by atoms with van der Waals surface area (Å²) >= 11 is 0. The van der Waals surface area contributed by atoms with Crippen LogP contribution in [0.2, 0.25) is 0 Å². The summed E-state index contributed by atoms with van der Waals surface area (Å²) < 4.78 is 80.4. The van der Waals surface area contributed by atoms with Crippen molar-refractivity contribution in [3.8, 4) is 0 Å². The minimum absolute atomic E-state index is 0. The molecule has 0 radical (unpaired) electrons. The Morgan fingerprint density at radius 2 is 1.67 bits per heavy atom. The summed E-state index contributed by atoms with van der Waals surface area (Å²) in [5, 5.41) is 19.8. The van der Waals surface area contributed by atoms with Crippen molar-refractivity contribution in [3.63, 3.8) is 0 Å². The average Bonchev–Trinajstić information content (AvgIpc) is 3.21. The summed E-state index contributed by atoms with van der Waals surface area (Å²) in [6.45, 7) is 6.14. The highest BCUT2D eigenvalue weighted by Crippen LogP contribution is 2.64.